The van der Waals surface area contributed by atoms with Gasteiger partial charge in [-0.25, -0.2) is 4.39 Å². The summed E-state index contributed by atoms with van der Waals surface area (Å²) in [6, 6.07) is 3.41. The first-order valence-corrected chi connectivity index (χ1v) is 6.93. The molecule has 9 heteroatoms. The lowest BCUT2D eigenvalue weighted by molar-refractivity contribution is -0.133. The first kappa shape index (κ1) is 18.9. The Labute approximate surface area is 141 Å². The number of rotatable bonds is 2. The summed E-state index contributed by atoms with van der Waals surface area (Å²) in [5, 5.41) is 10.9. The lowest BCUT2D eigenvalue weighted by Gasteiger charge is -2.36. The number of alkyl halides is 1. The average molecular weight is 352 g/mol. The number of nitrogens with zero attached hydrogens (tertiary/aromatic N) is 4. The maximum atomic E-state index is 13.1. The summed E-state index contributed by atoms with van der Waals surface area (Å²) in [6.07, 6.45) is 1.04. The Hall–Kier alpha value is -1.18. The van der Waals surface area contributed by atoms with Crippen molar-refractivity contribution in [1.29, 1.82) is 0 Å². The van der Waals surface area contributed by atoms with Crippen LogP contribution >= 0.6 is 24.8 Å². The van der Waals surface area contributed by atoms with E-state index in [1.165, 1.54) is 0 Å². The molecule has 0 aromatic carbocycles. The zero-order chi connectivity index (χ0) is 13.9. The van der Waals surface area contributed by atoms with E-state index in [-0.39, 0.29) is 43.3 Å². The fraction of sp³-hybridized carbons (Fsp3) is 0.615. The zero-order valence-corrected chi connectivity index (χ0v) is 13.7. The maximum Gasteiger partial charge on any atom is 0.239 e. The molecule has 0 aliphatic carbocycles. The Bertz CT molecular complexity index is 473. The maximum absolute atomic E-state index is 13.1. The second kappa shape index (κ2) is 8.45. The number of hydrogen-bond acceptors (Lipinski definition) is 5. The molecule has 1 aromatic heterocycles. The SMILES string of the molecule is Cl.Cl.O=C([C@H]1C[C@H](F)CN1)N1CCN(c2cccnn2)CC1. The molecular weight excluding hydrogens is 332 g/mol. The van der Waals surface area contributed by atoms with Gasteiger partial charge in [-0.05, 0) is 12.1 Å². The van der Waals surface area contributed by atoms with Crippen LogP contribution < -0.4 is 10.2 Å². The number of hydrogen-bond donors (Lipinski definition) is 1. The molecule has 3 rings (SSSR count). The standard InChI is InChI=1S/C13H18FN5O.2ClH/c14-10-8-11(15-9-10)13(20)19-6-4-18(5-7-19)12-2-1-3-16-17-12;;/h1-3,10-11,15H,4-9H2;2*1H/t10-,11+;;/m0../s1. The lowest BCUT2D eigenvalue weighted by Crippen LogP contribution is -2.53. The number of amides is 1. The second-order valence-electron chi connectivity index (χ2n) is 5.19. The molecule has 0 bridgehead atoms. The molecule has 2 fully saturated rings. The van der Waals surface area contributed by atoms with E-state index in [2.05, 4.69) is 20.4 Å². The van der Waals surface area contributed by atoms with Gasteiger partial charge >= 0.3 is 0 Å². The highest BCUT2D eigenvalue weighted by molar-refractivity contribution is 5.85. The summed E-state index contributed by atoms with van der Waals surface area (Å²) < 4.78 is 13.1. The molecule has 0 radical (unpaired) electrons. The van der Waals surface area contributed by atoms with Gasteiger partial charge in [-0.2, -0.15) is 5.10 Å². The van der Waals surface area contributed by atoms with Crippen LogP contribution in [-0.4, -0.2) is 65.9 Å². The number of carbonyl (C=O) groups excluding carboxylic acids is 1. The minimum absolute atomic E-state index is 0. The number of carbonyl (C=O) groups is 1. The monoisotopic (exact) mass is 351 g/mol. The van der Waals surface area contributed by atoms with Gasteiger partial charge < -0.3 is 15.1 Å². The molecule has 6 nitrogen and oxygen atoms in total. The number of halogens is 3. The predicted molar refractivity (Wildman–Crippen MR) is 86.6 cm³/mol. The Morgan fingerprint density at radius 2 is 2.00 bits per heavy atom. The molecule has 3 heterocycles. The van der Waals surface area contributed by atoms with Crippen molar-refractivity contribution in [3.05, 3.63) is 18.3 Å². The van der Waals surface area contributed by atoms with Crippen LogP contribution in [0, 0.1) is 0 Å². The van der Waals surface area contributed by atoms with E-state index in [1.54, 1.807) is 6.20 Å². The van der Waals surface area contributed by atoms with Crippen LogP contribution in [0.25, 0.3) is 0 Å². The summed E-state index contributed by atoms with van der Waals surface area (Å²) in [6.45, 7) is 3.04. The fourth-order valence-electron chi connectivity index (χ4n) is 2.72. The topological polar surface area (TPSA) is 61.4 Å². The molecule has 1 amide bonds. The van der Waals surface area contributed by atoms with Crippen molar-refractivity contribution >= 4 is 36.5 Å². The van der Waals surface area contributed by atoms with Crippen molar-refractivity contribution in [1.82, 2.24) is 20.4 Å². The molecule has 1 N–H and O–H groups in total. The molecule has 124 valence electrons. The van der Waals surface area contributed by atoms with Crippen LogP contribution in [0.5, 0.6) is 0 Å². The number of aromatic nitrogens is 2. The highest BCUT2D eigenvalue weighted by atomic mass is 35.5. The summed E-state index contributed by atoms with van der Waals surface area (Å²) in [4.78, 5) is 16.2. The van der Waals surface area contributed by atoms with E-state index >= 15 is 0 Å². The van der Waals surface area contributed by atoms with Gasteiger partial charge in [0.1, 0.15) is 6.17 Å². The summed E-state index contributed by atoms with van der Waals surface area (Å²) in [7, 11) is 0. The van der Waals surface area contributed by atoms with Crippen LogP contribution in [0.15, 0.2) is 18.3 Å². The quantitative estimate of drug-likeness (QED) is 0.848. The van der Waals surface area contributed by atoms with E-state index < -0.39 is 6.17 Å². The van der Waals surface area contributed by atoms with Gasteiger partial charge in [-0.3, -0.25) is 4.79 Å². The first-order valence-electron chi connectivity index (χ1n) is 6.93. The van der Waals surface area contributed by atoms with Crippen LogP contribution in [0.1, 0.15) is 6.42 Å². The molecule has 2 aliphatic heterocycles. The first-order chi connectivity index (χ1) is 9.74. The summed E-state index contributed by atoms with van der Waals surface area (Å²) >= 11 is 0. The fourth-order valence-corrected chi connectivity index (χ4v) is 2.72. The van der Waals surface area contributed by atoms with Crippen molar-refractivity contribution in [3.8, 4) is 0 Å². The molecule has 0 spiro atoms. The lowest BCUT2D eigenvalue weighted by atomic mass is 10.1. The molecule has 1 aromatic rings. The van der Waals surface area contributed by atoms with Crippen LogP contribution in [0.3, 0.4) is 0 Å². The normalized spacial score (nSPS) is 24.4. The molecular formula is C13H20Cl2FN5O. The third-order valence-corrected chi connectivity index (χ3v) is 3.85. The van der Waals surface area contributed by atoms with Gasteiger partial charge in [0.05, 0.1) is 6.04 Å². The molecule has 22 heavy (non-hydrogen) atoms. The smallest absolute Gasteiger partial charge is 0.239 e. The highest BCUT2D eigenvalue weighted by Crippen LogP contribution is 2.16. The molecule has 0 saturated carbocycles. The van der Waals surface area contributed by atoms with Crippen LogP contribution in [0.2, 0.25) is 0 Å². The van der Waals surface area contributed by atoms with Crippen molar-refractivity contribution in [2.45, 2.75) is 18.6 Å². The van der Waals surface area contributed by atoms with Gasteiger partial charge in [-0.15, -0.1) is 29.9 Å². The predicted octanol–water partition coefficient (Wildman–Crippen LogP) is 0.669. The molecule has 2 saturated heterocycles. The molecule has 2 atom stereocenters. The van der Waals surface area contributed by atoms with E-state index in [4.69, 9.17) is 0 Å². The average Bonchev–Trinajstić information content (AvgIpc) is 2.94. The van der Waals surface area contributed by atoms with Crippen molar-refractivity contribution in [2.75, 3.05) is 37.6 Å². The Morgan fingerprint density at radius 1 is 1.27 bits per heavy atom. The second-order valence-corrected chi connectivity index (χ2v) is 5.19. The van der Waals surface area contributed by atoms with E-state index in [0.29, 0.717) is 19.5 Å². The third-order valence-electron chi connectivity index (χ3n) is 3.85. The van der Waals surface area contributed by atoms with Crippen LogP contribution in [0.4, 0.5) is 10.2 Å². The minimum atomic E-state index is -0.898. The van der Waals surface area contributed by atoms with Gasteiger partial charge in [0.2, 0.25) is 5.91 Å². The molecule has 0 unspecified atom stereocenters. The van der Waals surface area contributed by atoms with E-state index in [1.807, 2.05) is 17.0 Å². The van der Waals surface area contributed by atoms with Crippen molar-refractivity contribution in [3.63, 3.8) is 0 Å². The Morgan fingerprint density at radius 3 is 2.55 bits per heavy atom. The van der Waals surface area contributed by atoms with E-state index in [9.17, 15) is 9.18 Å². The van der Waals surface area contributed by atoms with E-state index in [0.717, 1.165) is 18.9 Å². The largest absolute Gasteiger partial charge is 0.352 e. The highest BCUT2D eigenvalue weighted by Gasteiger charge is 2.33. The summed E-state index contributed by atoms with van der Waals surface area (Å²) in [5.41, 5.74) is 0. The minimum Gasteiger partial charge on any atom is -0.352 e. The number of nitrogens with one attached hydrogen (secondary N) is 1. The third kappa shape index (κ3) is 4.18. The Kier molecular flexibility index (Phi) is 7.25. The van der Waals surface area contributed by atoms with Crippen molar-refractivity contribution < 1.29 is 9.18 Å². The Balaban J connectivity index is 0.00000121. The van der Waals surface area contributed by atoms with Crippen LogP contribution in [-0.2, 0) is 4.79 Å². The number of piperazine rings is 1. The van der Waals surface area contributed by atoms with Gasteiger partial charge in [0, 0.05) is 45.3 Å². The molecule has 2 aliphatic rings. The van der Waals surface area contributed by atoms with Gasteiger partial charge in [0.15, 0.2) is 5.82 Å². The van der Waals surface area contributed by atoms with Gasteiger partial charge in [-0.1, -0.05) is 0 Å². The van der Waals surface area contributed by atoms with Gasteiger partial charge in [0.25, 0.3) is 0 Å². The zero-order valence-electron chi connectivity index (χ0n) is 12.0. The van der Waals surface area contributed by atoms with Crippen molar-refractivity contribution in [2.24, 2.45) is 0 Å². The summed E-state index contributed by atoms with van der Waals surface area (Å²) in [5.74, 6) is 0.853. The number of anilines is 1.